The van der Waals surface area contributed by atoms with Crippen LogP contribution < -0.4 is 4.74 Å². The molecule has 0 aliphatic heterocycles. The van der Waals surface area contributed by atoms with Crippen LogP contribution in [-0.2, 0) is 0 Å². The van der Waals surface area contributed by atoms with Crippen LogP contribution in [-0.4, -0.2) is 7.11 Å². The quantitative estimate of drug-likeness (QED) is 0.657. The summed E-state index contributed by atoms with van der Waals surface area (Å²) in [4.78, 5) is 0. The Morgan fingerprint density at radius 2 is 1.69 bits per heavy atom. The molecule has 1 nitrogen and oxygen atoms in total. The van der Waals surface area contributed by atoms with Gasteiger partial charge in [-0.2, -0.15) is 0 Å². The smallest absolute Gasteiger partial charge is 0.132 e. The lowest BCUT2D eigenvalue weighted by Gasteiger charge is -2.04. The van der Waals surface area contributed by atoms with Gasteiger partial charge in [0, 0.05) is 17.7 Å². The van der Waals surface area contributed by atoms with Gasteiger partial charge in [-0.3, -0.25) is 0 Å². The van der Waals surface area contributed by atoms with Crippen molar-refractivity contribution in [1.82, 2.24) is 0 Å². The molecule has 0 spiro atoms. The van der Waals surface area contributed by atoms with Gasteiger partial charge in [-0.1, -0.05) is 13.8 Å². The van der Waals surface area contributed by atoms with Gasteiger partial charge < -0.3 is 4.74 Å². The van der Waals surface area contributed by atoms with Crippen molar-refractivity contribution in [3.05, 3.63) is 29.3 Å². The molecule has 0 heterocycles. The summed E-state index contributed by atoms with van der Waals surface area (Å²) < 4.78 is 29.9. The zero-order valence-electron chi connectivity index (χ0n) is 8.32. The summed E-state index contributed by atoms with van der Waals surface area (Å²) >= 11 is 0. The number of benzene rings is 1. The Morgan fingerprint density at radius 3 is 2.15 bits per heavy atom. The number of hydrogen-bond donors (Lipinski definition) is 0. The molecule has 0 saturated heterocycles. The maximum atomic E-state index is 12.7. The summed E-state index contributed by atoms with van der Waals surface area (Å²) in [5.74, 6) is -0.964. The van der Waals surface area contributed by atoms with Crippen molar-refractivity contribution in [3.63, 3.8) is 0 Å². The number of rotatable bonds is 1. The van der Waals surface area contributed by atoms with Crippen LogP contribution in [0, 0.1) is 18.6 Å². The second-order valence-electron chi connectivity index (χ2n) is 2.21. The molecule has 0 unspecified atom stereocenters. The van der Waals surface area contributed by atoms with E-state index in [-0.39, 0.29) is 5.75 Å². The van der Waals surface area contributed by atoms with Crippen LogP contribution in [0.3, 0.4) is 0 Å². The van der Waals surface area contributed by atoms with Gasteiger partial charge in [-0.15, -0.1) is 0 Å². The first-order chi connectivity index (χ1) is 6.15. The Hall–Kier alpha value is -1.12. The van der Waals surface area contributed by atoms with E-state index in [0.717, 1.165) is 12.1 Å². The first-order valence-corrected chi connectivity index (χ1v) is 4.15. The van der Waals surface area contributed by atoms with E-state index in [1.54, 1.807) is 0 Å². The minimum absolute atomic E-state index is 0.238. The SMILES string of the molecule is CC.COc1cc(F)cc(F)c1C. The fraction of sp³-hybridized carbons (Fsp3) is 0.400. The van der Waals surface area contributed by atoms with Gasteiger partial charge in [0.1, 0.15) is 17.4 Å². The molecule has 0 fully saturated rings. The summed E-state index contributed by atoms with van der Waals surface area (Å²) in [7, 11) is 1.38. The fourth-order valence-electron chi connectivity index (χ4n) is 0.834. The summed E-state index contributed by atoms with van der Waals surface area (Å²) in [5.41, 5.74) is 0.328. The third kappa shape index (κ3) is 3.01. The molecule has 0 aliphatic rings. The molecule has 0 saturated carbocycles. The monoisotopic (exact) mass is 188 g/mol. The van der Waals surface area contributed by atoms with E-state index in [1.165, 1.54) is 14.0 Å². The molecule has 1 aromatic carbocycles. The zero-order valence-corrected chi connectivity index (χ0v) is 8.32. The van der Waals surface area contributed by atoms with E-state index < -0.39 is 11.6 Å². The van der Waals surface area contributed by atoms with Crippen LogP contribution in [0.2, 0.25) is 0 Å². The van der Waals surface area contributed by atoms with Gasteiger partial charge in [0.15, 0.2) is 0 Å². The van der Waals surface area contributed by atoms with Gasteiger partial charge in [0.2, 0.25) is 0 Å². The van der Waals surface area contributed by atoms with Crippen molar-refractivity contribution in [2.75, 3.05) is 7.11 Å². The molecule has 0 amide bonds. The predicted octanol–water partition coefficient (Wildman–Crippen LogP) is 3.31. The Labute approximate surface area is 77.3 Å². The van der Waals surface area contributed by atoms with Crippen LogP contribution >= 0.6 is 0 Å². The van der Waals surface area contributed by atoms with Crippen molar-refractivity contribution >= 4 is 0 Å². The second kappa shape index (κ2) is 5.51. The van der Waals surface area contributed by atoms with E-state index in [9.17, 15) is 8.78 Å². The predicted molar refractivity (Wildman–Crippen MR) is 49.0 cm³/mol. The van der Waals surface area contributed by atoms with E-state index in [1.807, 2.05) is 13.8 Å². The maximum Gasteiger partial charge on any atom is 0.132 e. The van der Waals surface area contributed by atoms with Gasteiger partial charge in [0.25, 0.3) is 0 Å². The van der Waals surface area contributed by atoms with Crippen molar-refractivity contribution < 1.29 is 13.5 Å². The molecular formula is C10H14F2O. The van der Waals surface area contributed by atoms with E-state index >= 15 is 0 Å². The maximum absolute atomic E-state index is 12.7. The lowest BCUT2D eigenvalue weighted by molar-refractivity contribution is 0.402. The molecule has 1 aromatic rings. The second-order valence-corrected chi connectivity index (χ2v) is 2.21. The van der Waals surface area contributed by atoms with E-state index in [0.29, 0.717) is 5.56 Å². The minimum atomic E-state index is -0.620. The van der Waals surface area contributed by atoms with Crippen LogP contribution in [0.4, 0.5) is 8.78 Å². The van der Waals surface area contributed by atoms with Gasteiger partial charge in [0.05, 0.1) is 7.11 Å². The molecule has 0 radical (unpaired) electrons. The molecule has 0 N–H and O–H groups in total. The molecule has 0 atom stereocenters. The van der Waals surface area contributed by atoms with Crippen molar-refractivity contribution in [2.24, 2.45) is 0 Å². The Balaban J connectivity index is 0.000000671. The number of hydrogen-bond acceptors (Lipinski definition) is 1. The lowest BCUT2D eigenvalue weighted by Crippen LogP contribution is -1.92. The highest BCUT2D eigenvalue weighted by Gasteiger charge is 2.06. The summed E-state index contributed by atoms with van der Waals surface area (Å²) in [6.45, 7) is 5.54. The summed E-state index contributed by atoms with van der Waals surface area (Å²) in [6, 6.07) is 1.98. The first kappa shape index (κ1) is 11.9. The first-order valence-electron chi connectivity index (χ1n) is 4.15. The Morgan fingerprint density at radius 1 is 1.15 bits per heavy atom. The molecule has 13 heavy (non-hydrogen) atoms. The average Bonchev–Trinajstić information content (AvgIpc) is 2.14. The summed E-state index contributed by atoms with van der Waals surface area (Å²) in [6.07, 6.45) is 0. The van der Waals surface area contributed by atoms with Crippen LogP contribution in [0.1, 0.15) is 19.4 Å². The molecule has 74 valence electrons. The number of ether oxygens (including phenoxy) is 1. The van der Waals surface area contributed by atoms with Crippen LogP contribution in [0.25, 0.3) is 0 Å². The molecule has 0 aliphatic carbocycles. The van der Waals surface area contributed by atoms with Crippen molar-refractivity contribution in [3.8, 4) is 5.75 Å². The van der Waals surface area contributed by atoms with Gasteiger partial charge in [-0.25, -0.2) is 8.78 Å². The highest BCUT2D eigenvalue weighted by atomic mass is 19.1. The highest BCUT2D eigenvalue weighted by molar-refractivity contribution is 5.33. The van der Waals surface area contributed by atoms with Crippen LogP contribution in [0.15, 0.2) is 12.1 Å². The lowest BCUT2D eigenvalue weighted by atomic mass is 10.2. The van der Waals surface area contributed by atoms with E-state index in [2.05, 4.69) is 0 Å². The average molecular weight is 188 g/mol. The molecule has 0 bridgehead atoms. The van der Waals surface area contributed by atoms with E-state index in [4.69, 9.17) is 4.74 Å². The molecule has 1 rings (SSSR count). The largest absolute Gasteiger partial charge is 0.496 e. The standard InChI is InChI=1S/C8H8F2O.C2H6/c1-5-7(10)3-6(9)4-8(5)11-2;1-2/h3-4H,1-2H3;1-2H3. The molecule has 3 heteroatoms. The topological polar surface area (TPSA) is 9.23 Å². The van der Waals surface area contributed by atoms with Gasteiger partial charge in [-0.05, 0) is 6.92 Å². The fourth-order valence-corrected chi connectivity index (χ4v) is 0.834. The normalized spacial score (nSPS) is 8.77. The number of methoxy groups -OCH3 is 1. The summed E-state index contributed by atoms with van der Waals surface area (Å²) in [5, 5.41) is 0. The van der Waals surface area contributed by atoms with Crippen molar-refractivity contribution in [1.29, 1.82) is 0 Å². The van der Waals surface area contributed by atoms with Crippen LogP contribution in [0.5, 0.6) is 5.75 Å². The third-order valence-electron chi connectivity index (χ3n) is 1.48. The highest BCUT2D eigenvalue weighted by Crippen LogP contribution is 2.21. The van der Waals surface area contributed by atoms with Crippen molar-refractivity contribution in [2.45, 2.75) is 20.8 Å². The zero-order chi connectivity index (χ0) is 10.4. The third-order valence-corrected chi connectivity index (χ3v) is 1.48. The Bertz CT molecular complexity index is 272. The minimum Gasteiger partial charge on any atom is -0.496 e. The molecule has 0 aromatic heterocycles. The Kier molecular flexibility index (Phi) is 5.04. The number of halogens is 2. The molecular weight excluding hydrogens is 174 g/mol. The van der Waals surface area contributed by atoms with Gasteiger partial charge >= 0.3 is 0 Å².